The van der Waals surface area contributed by atoms with Crippen LogP contribution in [0.5, 0.6) is 0 Å². The molecule has 2 rings (SSSR count). The van der Waals surface area contributed by atoms with Crippen molar-refractivity contribution in [3.8, 4) is 0 Å². The summed E-state index contributed by atoms with van der Waals surface area (Å²) in [5.74, 6) is -1.65. The summed E-state index contributed by atoms with van der Waals surface area (Å²) >= 11 is 0. The lowest BCUT2D eigenvalue weighted by Crippen LogP contribution is -2.25. The van der Waals surface area contributed by atoms with Gasteiger partial charge in [-0.2, -0.15) is 0 Å². The number of pyridine rings is 2. The Bertz CT molecular complexity index is 1110. The molecule has 0 aliphatic rings. The van der Waals surface area contributed by atoms with Crippen molar-refractivity contribution in [2.45, 2.75) is 41.0 Å². The number of aromatic nitrogens is 2. The third-order valence-corrected chi connectivity index (χ3v) is 4.61. The Morgan fingerprint density at radius 3 is 1.66 bits per heavy atom. The van der Waals surface area contributed by atoms with Crippen LogP contribution in [0.3, 0.4) is 0 Å². The van der Waals surface area contributed by atoms with E-state index in [0.717, 1.165) is 22.7 Å². The fourth-order valence-corrected chi connectivity index (χ4v) is 3.23. The highest BCUT2D eigenvalue weighted by Gasteiger charge is 2.19. The zero-order valence-electron chi connectivity index (χ0n) is 17.7. The van der Waals surface area contributed by atoms with Gasteiger partial charge < -0.3 is 14.2 Å². The van der Waals surface area contributed by atoms with E-state index in [2.05, 4.69) is 0 Å². The summed E-state index contributed by atoms with van der Waals surface area (Å²) in [5, 5.41) is 8.89. The third kappa shape index (κ3) is 4.96. The topological polar surface area (TPSA) is 115 Å². The average molecular weight is 402 g/mol. The largest absolute Gasteiger partial charge is 0.478 e. The van der Waals surface area contributed by atoms with Crippen LogP contribution >= 0.6 is 0 Å². The quantitative estimate of drug-likeness (QED) is 0.783. The molecule has 0 aliphatic carbocycles. The van der Waals surface area contributed by atoms with Gasteiger partial charge in [0.2, 0.25) is 0 Å². The molecule has 0 aliphatic heterocycles. The molecule has 0 fully saturated rings. The summed E-state index contributed by atoms with van der Waals surface area (Å²) in [6, 6.07) is 0. The van der Waals surface area contributed by atoms with Gasteiger partial charge in [-0.05, 0) is 39.7 Å². The Morgan fingerprint density at radius 1 is 0.862 bits per heavy atom. The van der Waals surface area contributed by atoms with Gasteiger partial charge in [-0.1, -0.05) is 6.92 Å². The number of carboxylic acid groups (broad SMARTS) is 1. The lowest BCUT2D eigenvalue weighted by Gasteiger charge is -2.10. The summed E-state index contributed by atoms with van der Waals surface area (Å²) in [6.07, 6.45) is 3.67. The van der Waals surface area contributed by atoms with E-state index in [1.807, 2.05) is 6.92 Å². The Hall–Kier alpha value is -3.29. The van der Waals surface area contributed by atoms with Crippen LogP contribution in [0.2, 0.25) is 0 Å². The van der Waals surface area contributed by atoms with E-state index in [1.165, 1.54) is 32.4 Å². The molecule has 0 bridgehead atoms. The number of nitrogens with zero attached hydrogens (tertiary/aromatic N) is 2. The highest BCUT2D eigenvalue weighted by molar-refractivity contribution is 6.05. The maximum atomic E-state index is 11.6. The lowest BCUT2D eigenvalue weighted by atomic mass is 10.00. The standard InChI is InChI=1S/C11H15NO2.C10H11NO4/c1-5-9-6-12(4)11(14)7(2)10(9)8(3)13;1-5-8(6(2)12)7(10(14)15)4-11(3)9(5)13/h6H,5H2,1-4H3;4H,1-3H3,(H,14,15). The van der Waals surface area contributed by atoms with Gasteiger partial charge in [0, 0.05) is 48.7 Å². The van der Waals surface area contributed by atoms with E-state index in [1.54, 1.807) is 20.2 Å². The fourth-order valence-electron chi connectivity index (χ4n) is 3.23. The minimum Gasteiger partial charge on any atom is -0.478 e. The SMILES string of the molecule is CC(=O)c1c(C(=O)O)cn(C)c(=O)c1C.CCc1cn(C)c(=O)c(C)c1C(C)=O. The molecule has 2 aromatic heterocycles. The first kappa shape index (κ1) is 23.7. The molecule has 29 heavy (non-hydrogen) atoms. The average Bonchev–Trinajstić information content (AvgIpc) is 2.63. The molecule has 2 aromatic rings. The summed E-state index contributed by atoms with van der Waals surface area (Å²) in [7, 11) is 3.16. The second-order valence-electron chi connectivity index (χ2n) is 6.80. The molecular weight excluding hydrogens is 376 g/mol. The van der Waals surface area contributed by atoms with E-state index in [4.69, 9.17) is 5.11 Å². The zero-order valence-corrected chi connectivity index (χ0v) is 17.7. The predicted octanol–water partition coefficient (Wildman–Crippen LogP) is 2.05. The van der Waals surface area contributed by atoms with Crippen molar-refractivity contribution < 1.29 is 19.5 Å². The van der Waals surface area contributed by atoms with Gasteiger partial charge in [0.1, 0.15) is 0 Å². The third-order valence-electron chi connectivity index (χ3n) is 4.61. The summed E-state index contributed by atoms with van der Waals surface area (Å²) in [4.78, 5) is 56.5. The van der Waals surface area contributed by atoms with Crippen molar-refractivity contribution in [1.29, 1.82) is 0 Å². The van der Waals surface area contributed by atoms with Gasteiger partial charge >= 0.3 is 5.97 Å². The van der Waals surface area contributed by atoms with E-state index in [-0.39, 0.29) is 33.6 Å². The molecule has 156 valence electrons. The first-order chi connectivity index (χ1) is 13.3. The molecule has 0 spiro atoms. The maximum Gasteiger partial charge on any atom is 0.337 e. The van der Waals surface area contributed by atoms with Crippen molar-refractivity contribution in [2.75, 3.05) is 0 Å². The predicted molar refractivity (Wildman–Crippen MR) is 109 cm³/mol. The second-order valence-corrected chi connectivity index (χ2v) is 6.80. The van der Waals surface area contributed by atoms with E-state index in [0.29, 0.717) is 11.1 Å². The van der Waals surface area contributed by atoms with Crippen LogP contribution in [0.1, 0.15) is 68.5 Å². The molecule has 1 N–H and O–H groups in total. The number of carbonyl (C=O) groups is 3. The van der Waals surface area contributed by atoms with Crippen LogP contribution in [0.15, 0.2) is 22.0 Å². The Balaban J connectivity index is 0.000000291. The smallest absolute Gasteiger partial charge is 0.337 e. The van der Waals surface area contributed by atoms with Gasteiger partial charge in [0.15, 0.2) is 11.6 Å². The minimum absolute atomic E-state index is 0.00870. The number of aromatic carboxylic acids is 1. The summed E-state index contributed by atoms with van der Waals surface area (Å²) < 4.78 is 2.69. The number of rotatable bonds is 4. The fraction of sp³-hybridized carbons (Fsp3) is 0.381. The summed E-state index contributed by atoms with van der Waals surface area (Å²) in [6.45, 7) is 7.88. The molecular formula is C21H26N2O6. The van der Waals surface area contributed by atoms with Gasteiger partial charge in [0.25, 0.3) is 11.1 Å². The Morgan fingerprint density at radius 2 is 1.28 bits per heavy atom. The monoisotopic (exact) mass is 402 g/mol. The highest BCUT2D eigenvalue weighted by Crippen LogP contribution is 2.12. The molecule has 0 atom stereocenters. The number of aryl methyl sites for hydroxylation is 3. The van der Waals surface area contributed by atoms with Crippen molar-refractivity contribution in [2.24, 2.45) is 14.1 Å². The van der Waals surface area contributed by atoms with Crippen molar-refractivity contribution >= 4 is 17.5 Å². The molecule has 0 saturated heterocycles. The molecule has 0 aromatic carbocycles. The van der Waals surface area contributed by atoms with Crippen LogP contribution in [-0.2, 0) is 20.5 Å². The Kier molecular flexibility index (Phi) is 7.59. The van der Waals surface area contributed by atoms with Crippen LogP contribution in [0.4, 0.5) is 0 Å². The number of carboxylic acids is 1. The first-order valence-corrected chi connectivity index (χ1v) is 8.99. The highest BCUT2D eigenvalue weighted by atomic mass is 16.4. The molecule has 0 radical (unpaired) electrons. The molecule has 0 unspecified atom stereocenters. The normalized spacial score (nSPS) is 10.2. The van der Waals surface area contributed by atoms with Crippen LogP contribution < -0.4 is 11.1 Å². The number of hydrogen-bond donors (Lipinski definition) is 1. The molecule has 2 heterocycles. The number of hydrogen-bond acceptors (Lipinski definition) is 5. The second kappa shape index (κ2) is 9.27. The number of ketones is 2. The Labute approximate surface area is 168 Å². The van der Waals surface area contributed by atoms with E-state index in [9.17, 15) is 24.0 Å². The lowest BCUT2D eigenvalue weighted by molar-refractivity contribution is 0.0690. The maximum absolute atomic E-state index is 11.6. The number of Topliss-reactive ketones (excluding diaryl/α,β-unsaturated/α-hetero) is 2. The molecule has 0 amide bonds. The van der Waals surface area contributed by atoms with E-state index < -0.39 is 11.8 Å². The van der Waals surface area contributed by atoms with E-state index >= 15 is 0 Å². The molecule has 0 saturated carbocycles. The minimum atomic E-state index is -1.21. The number of carbonyl (C=O) groups excluding carboxylic acids is 2. The van der Waals surface area contributed by atoms with Crippen molar-refractivity contribution in [1.82, 2.24) is 9.13 Å². The van der Waals surface area contributed by atoms with Crippen LogP contribution in [0, 0.1) is 13.8 Å². The molecule has 8 nitrogen and oxygen atoms in total. The molecule has 8 heteroatoms. The van der Waals surface area contributed by atoms with Gasteiger partial charge in [0.05, 0.1) is 5.56 Å². The van der Waals surface area contributed by atoms with Gasteiger partial charge in [-0.3, -0.25) is 19.2 Å². The first-order valence-electron chi connectivity index (χ1n) is 8.99. The summed E-state index contributed by atoms with van der Waals surface area (Å²) in [5.41, 5.74) is 1.67. The van der Waals surface area contributed by atoms with Crippen LogP contribution in [-0.4, -0.2) is 31.8 Å². The van der Waals surface area contributed by atoms with Crippen molar-refractivity contribution in [3.63, 3.8) is 0 Å². The van der Waals surface area contributed by atoms with Gasteiger partial charge in [-0.15, -0.1) is 0 Å². The van der Waals surface area contributed by atoms with Crippen molar-refractivity contribution in [3.05, 3.63) is 66.5 Å². The van der Waals surface area contributed by atoms with Gasteiger partial charge in [-0.25, -0.2) is 4.79 Å². The zero-order chi connectivity index (χ0) is 22.6. The van der Waals surface area contributed by atoms with Crippen LogP contribution in [0.25, 0.3) is 0 Å².